The molecule has 0 aliphatic carbocycles. The molecule has 0 bridgehead atoms. The number of halogens is 2. The zero-order valence-corrected chi connectivity index (χ0v) is 11.7. The molecule has 96 valence electrons. The lowest BCUT2D eigenvalue weighted by atomic mass is 10.0. The summed E-state index contributed by atoms with van der Waals surface area (Å²) >= 11 is 11.5. The van der Waals surface area contributed by atoms with Crippen molar-refractivity contribution in [1.82, 2.24) is 4.98 Å². The zero-order chi connectivity index (χ0) is 13.8. The van der Waals surface area contributed by atoms with Crippen LogP contribution in [-0.2, 0) is 0 Å². The first-order valence-corrected chi connectivity index (χ1v) is 6.42. The van der Waals surface area contributed by atoms with E-state index < -0.39 is 0 Å². The van der Waals surface area contributed by atoms with Crippen molar-refractivity contribution in [2.75, 3.05) is 0 Å². The van der Waals surface area contributed by atoms with Crippen molar-refractivity contribution in [3.63, 3.8) is 0 Å². The monoisotopic (exact) mass is 291 g/mol. The Morgan fingerprint density at radius 2 is 1.79 bits per heavy atom. The Morgan fingerprint density at radius 3 is 2.37 bits per heavy atom. The number of nitrogens with zero attached hydrogens (tertiary/aromatic N) is 1. The average Bonchev–Trinajstić information content (AvgIpc) is 2.41. The minimum absolute atomic E-state index is 0.0355. The van der Waals surface area contributed by atoms with E-state index in [1.807, 2.05) is 6.07 Å². The molecule has 1 aromatic carbocycles. The summed E-state index contributed by atoms with van der Waals surface area (Å²) in [6.07, 6.45) is 3.40. The third kappa shape index (κ3) is 3.66. The molecule has 2 rings (SSSR count). The summed E-state index contributed by atoms with van der Waals surface area (Å²) in [5.41, 5.74) is 2.08. The van der Waals surface area contributed by atoms with Crippen molar-refractivity contribution >= 4 is 35.1 Å². The Morgan fingerprint density at radius 1 is 1.11 bits per heavy atom. The van der Waals surface area contributed by atoms with Crippen molar-refractivity contribution in [2.24, 2.45) is 0 Å². The number of carbonyl (C=O) groups is 1. The van der Waals surface area contributed by atoms with Crippen LogP contribution in [-0.4, -0.2) is 10.8 Å². The molecular weight excluding hydrogens is 281 g/mol. The fourth-order valence-corrected chi connectivity index (χ4v) is 1.85. The summed E-state index contributed by atoms with van der Waals surface area (Å²) in [5.74, 6) is -0.0355. The van der Waals surface area contributed by atoms with E-state index >= 15 is 0 Å². The van der Waals surface area contributed by atoms with Gasteiger partial charge in [0.25, 0.3) is 0 Å². The van der Waals surface area contributed by atoms with Crippen molar-refractivity contribution in [2.45, 2.75) is 6.92 Å². The van der Waals surface area contributed by atoms with E-state index in [0.717, 1.165) is 5.56 Å². The minimum Gasteiger partial charge on any atom is -0.289 e. The van der Waals surface area contributed by atoms with Gasteiger partial charge in [0.05, 0.1) is 0 Å². The summed E-state index contributed by atoms with van der Waals surface area (Å²) in [6.45, 7) is 1.77. The Kier molecular flexibility index (Phi) is 4.35. The first-order chi connectivity index (χ1) is 9.06. The molecule has 1 aromatic heterocycles. The lowest BCUT2D eigenvalue weighted by Crippen LogP contribution is -2.00. The maximum atomic E-state index is 12.2. The van der Waals surface area contributed by atoms with Crippen LogP contribution in [0.15, 0.2) is 48.2 Å². The molecule has 2 aromatic rings. The van der Waals surface area contributed by atoms with Gasteiger partial charge in [0.15, 0.2) is 5.78 Å². The SMILES string of the molecule is CC(=Cc1ccc(Cl)nc1)C(=O)c1ccc(Cl)cc1. The predicted octanol–water partition coefficient (Wildman–Crippen LogP) is 4.67. The molecule has 0 spiro atoms. The minimum atomic E-state index is -0.0355. The summed E-state index contributed by atoms with van der Waals surface area (Å²) in [6, 6.07) is 10.3. The topological polar surface area (TPSA) is 30.0 Å². The van der Waals surface area contributed by atoms with Gasteiger partial charge in [-0.15, -0.1) is 0 Å². The van der Waals surface area contributed by atoms with Gasteiger partial charge in [-0.3, -0.25) is 4.79 Å². The second-order valence-electron chi connectivity index (χ2n) is 4.08. The molecule has 0 saturated carbocycles. The van der Waals surface area contributed by atoms with Crippen molar-refractivity contribution in [3.8, 4) is 0 Å². The summed E-state index contributed by atoms with van der Waals surface area (Å²) < 4.78 is 0. The van der Waals surface area contributed by atoms with E-state index in [2.05, 4.69) is 4.98 Å². The van der Waals surface area contributed by atoms with Crippen LogP contribution in [0, 0.1) is 0 Å². The van der Waals surface area contributed by atoms with Crippen LogP contribution in [0.1, 0.15) is 22.8 Å². The highest BCUT2D eigenvalue weighted by molar-refractivity contribution is 6.30. The number of benzene rings is 1. The van der Waals surface area contributed by atoms with Gasteiger partial charge >= 0.3 is 0 Å². The zero-order valence-electron chi connectivity index (χ0n) is 10.2. The molecule has 0 atom stereocenters. The number of allylic oxidation sites excluding steroid dienone is 1. The number of ketones is 1. The standard InChI is InChI=1S/C15H11Cl2NO/c1-10(8-11-2-7-14(17)18-9-11)15(19)12-3-5-13(16)6-4-12/h2-9H,1H3. The highest BCUT2D eigenvalue weighted by atomic mass is 35.5. The molecule has 0 N–H and O–H groups in total. The van der Waals surface area contributed by atoms with E-state index in [9.17, 15) is 4.79 Å². The molecule has 0 unspecified atom stereocenters. The van der Waals surface area contributed by atoms with Gasteiger partial charge in [-0.2, -0.15) is 0 Å². The van der Waals surface area contributed by atoms with Crippen molar-refractivity contribution in [1.29, 1.82) is 0 Å². The number of hydrogen-bond acceptors (Lipinski definition) is 2. The number of aromatic nitrogens is 1. The fourth-order valence-electron chi connectivity index (χ4n) is 1.62. The molecule has 19 heavy (non-hydrogen) atoms. The maximum absolute atomic E-state index is 12.2. The molecule has 2 nitrogen and oxygen atoms in total. The van der Waals surface area contributed by atoms with E-state index in [0.29, 0.717) is 21.3 Å². The second kappa shape index (κ2) is 6.00. The molecule has 4 heteroatoms. The fraction of sp³-hybridized carbons (Fsp3) is 0.0667. The van der Waals surface area contributed by atoms with Gasteiger partial charge in [-0.05, 0) is 54.5 Å². The lowest BCUT2D eigenvalue weighted by molar-refractivity contribution is 0.103. The van der Waals surface area contributed by atoms with Crippen molar-refractivity contribution < 1.29 is 4.79 Å². The predicted molar refractivity (Wildman–Crippen MR) is 78.7 cm³/mol. The summed E-state index contributed by atoms with van der Waals surface area (Å²) in [4.78, 5) is 16.1. The van der Waals surface area contributed by atoms with Crippen LogP contribution >= 0.6 is 23.2 Å². The van der Waals surface area contributed by atoms with Gasteiger partial charge < -0.3 is 0 Å². The number of carbonyl (C=O) groups excluding carboxylic acids is 1. The highest BCUT2D eigenvalue weighted by Crippen LogP contribution is 2.15. The Bertz CT molecular complexity index is 616. The van der Waals surface area contributed by atoms with Crippen molar-refractivity contribution in [3.05, 3.63) is 69.5 Å². The molecule has 1 heterocycles. The number of rotatable bonds is 3. The highest BCUT2D eigenvalue weighted by Gasteiger charge is 2.07. The Hall–Kier alpha value is -1.64. The van der Waals surface area contributed by atoms with Gasteiger partial charge in [-0.25, -0.2) is 4.98 Å². The molecule has 0 aliphatic rings. The number of Topliss-reactive ketones (excluding diaryl/α,β-unsaturated/α-hetero) is 1. The number of hydrogen-bond donors (Lipinski definition) is 0. The van der Waals surface area contributed by atoms with E-state index in [1.54, 1.807) is 49.5 Å². The molecule has 0 saturated heterocycles. The second-order valence-corrected chi connectivity index (χ2v) is 4.90. The van der Waals surface area contributed by atoms with Crippen LogP contribution in [0.3, 0.4) is 0 Å². The van der Waals surface area contributed by atoms with Gasteiger partial charge in [0, 0.05) is 16.8 Å². The molecule has 0 amide bonds. The van der Waals surface area contributed by atoms with E-state index in [4.69, 9.17) is 23.2 Å². The Balaban J connectivity index is 2.23. The summed E-state index contributed by atoms with van der Waals surface area (Å²) in [5, 5.41) is 1.04. The third-order valence-corrected chi connectivity index (χ3v) is 3.07. The van der Waals surface area contributed by atoms with E-state index in [-0.39, 0.29) is 5.78 Å². The molecule has 0 radical (unpaired) electrons. The average molecular weight is 292 g/mol. The van der Waals surface area contributed by atoms with Gasteiger partial charge in [0.2, 0.25) is 0 Å². The number of pyridine rings is 1. The first kappa shape index (κ1) is 13.8. The van der Waals surface area contributed by atoms with Crippen LogP contribution in [0.5, 0.6) is 0 Å². The maximum Gasteiger partial charge on any atom is 0.188 e. The van der Waals surface area contributed by atoms with Crippen LogP contribution in [0.25, 0.3) is 6.08 Å². The van der Waals surface area contributed by atoms with E-state index in [1.165, 1.54) is 0 Å². The lowest BCUT2D eigenvalue weighted by Gasteiger charge is -2.02. The summed E-state index contributed by atoms with van der Waals surface area (Å²) in [7, 11) is 0. The van der Waals surface area contributed by atoms with Crippen LogP contribution in [0.2, 0.25) is 10.2 Å². The Labute approximate surface area is 121 Å². The quantitative estimate of drug-likeness (QED) is 0.467. The van der Waals surface area contributed by atoms with Gasteiger partial charge in [0.1, 0.15) is 5.15 Å². The molecule has 0 aliphatic heterocycles. The van der Waals surface area contributed by atoms with Crippen LogP contribution < -0.4 is 0 Å². The smallest absolute Gasteiger partial charge is 0.188 e. The first-order valence-electron chi connectivity index (χ1n) is 5.66. The van der Waals surface area contributed by atoms with Crippen LogP contribution in [0.4, 0.5) is 0 Å². The normalized spacial score (nSPS) is 11.4. The molecule has 0 fully saturated rings. The largest absolute Gasteiger partial charge is 0.289 e. The third-order valence-electron chi connectivity index (χ3n) is 2.60. The molecular formula is C15H11Cl2NO. The van der Waals surface area contributed by atoms with Gasteiger partial charge in [-0.1, -0.05) is 29.3 Å².